The molecule has 0 atom stereocenters. The van der Waals surface area contributed by atoms with Crippen molar-refractivity contribution in [2.75, 3.05) is 56.7 Å². The standard InChI is InChI=1S/C16H23N5O4/c1-20(15(23)10-18-16(17)24)11-14(22)19-12-2-4-13(5-3-12)21-6-8-25-9-7-21/h2-5H,6-11H2,1H3,(H,19,22)(H3,17,18,24). The fourth-order valence-corrected chi connectivity index (χ4v) is 2.38. The average Bonchev–Trinajstić information content (AvgIpc) is 2.60. The number of nitrogens with two attached hydrogens (primary N) is 1. The number of ether oxygens (including phenoxy) is 1. The third kappa shape index (κ3) is 5.96. The lowest BCUT2D eigenvalue weighted by Gasteiger charge is -2.28. The van der Waals surface area contributed by atoms with Crippen molar-refractivity contribution in [3.8, 4) is 0 Å². The minimum Gasteiger partial charge on any atom is -0.378 e. The maximum atomic E-state index is 12.0. The number of carbonyl (C=O) groups excluding carboxylic acids is 3. The summed E-state index contributed by atoms with van der Waals surface area (Å²) in [5, 5.41) is 4.92. The van der Waals surface area contributed by atoms with Gasteiger partial charge in [0.2, 0.25) is 11.8 Å². The molecule has 4 N–H and O–H groups in total. The summed E-state index contributed by atoms with van der Waals surface area (Å²) >= 11 is 0. The second kappa shape index (κ2) is 8.88. The maximum absolute atomic E-state index is 12.0. The van der Waals surface area contributed by atoms with Gasteiger partial charge in [0.25, 0.3) is 0 Å². The lowest BCUT2D eigenvalue weighted by molar-refractivity contribution is -0.132. The predicted octanol–water partition coefficient (Wildman–Crippen LogP) is -0.412. The third-order valence-electron chi connectivity index (χ3n) is 3.75. The van der Waals surface area contributed by atoms with Crippen molar-refractivity contribution in [3.05, 3.63) is 24.3 Å². The van der Waals surface area contributed by atoms with Gasteiger partial charge in [-0.2, -0.15) is 0 Å². The summed E-state index contributed by atoms with van der Waals surface area (Å²) in [5.74, 6) is -0.731. The zero-order chi connectivity index (χ0) is 18.2. The number of urea groups is 1. The monoisotopic (exact) mass is 349 g/mol. The first-order chi connectivity index (χ1) is 12.0. The molecule has 0 bridgehead atoms. The first kappa shape index (κ1) is 18.5. The largest absolute Gasteiger partial charge is 0.378 e. The van der Waals surface area contributed by atoms with E-state index in [-0.39, 0.29) is 19.0 Å². The van der Waals surface area contributed by atoms with E-state index in [1.54, 1.807) is 0 Å². The molecular formula is C16H23N5O4. The Morgan fingerprint density at radius 2 is 1.84 bits per heavy atom. The Hall–Kier alpha value is -2.81. The second-order valence-electron chi connectivity index (χ2n) is 5.66. The Morgan fingerprint density at radius 1 is 1.20 bits per heavy atom. The number of amides is 4. The van der Waals surface area contributed by atoms with Crippen LogP contribution in [-0.4, -0.2) is 69.2 Å². The van der Waals surface area contributed by atoms with Gasteiger partial charge in [-0.15, -0.1) is 0 Å². The molecular weight excluding hydrogens is 326 g/mol. The highest BCUT2D eigenvalue weighted by atomic mass is 16.5. The molecule has 0 spiro atoms. The van der Waals surface area contributed by atoms with Crippen LogP contribution in [0.15, 0.2) is 24.3 Å². The van der Waals surface area contributed by atoms with Crippen molar-refractivity contribution in [3.63, 3.8) is 0 Å². The summed E-state index contributed by atoms with van der Waals surface area (Å²) in [6, 6.07) is 6.73. The zero-order valence-corrected chi connectivity index (χ0v) is 14.2. The van der Waals surface area contributed by atoms with Crippen LogP contribution in [0.1, 0.15) is 0 Å². The average molecular weight is 349 g/mol. The summed E-state index contributed by atoms with van der Waals surface area (Å²) in [6.45, 7) is 2.75. The summed E-state index contributed by atoms with van der Waals surface area (Å²) in [5.41, 5.74) is 6.63. The van der Waals surface area contributed by atoms with Gasteiger partial charge in [-0.05, 0) is 24.3 Å². The minimum atomic E-state index is -0.786. The quantitative estimate of drug-likeness (QED) is 0.645. The molecule has 1 saturated heterocycles. The SMILES string of the molecule is CN(CC(=O)Nc1ccc(N2CCOCC2)cc1)C(=O)CNC(N)=O. The Morgan fingerprint density at radius 3 is 2.44 bits per heavy atom. The van der Waals surface area contributed by atoms with Gasteiger partial charge in [0.1, 0.15) is 0 Å². The molecule has 1 aliphatic heterocycles. The summed E-state index contributed by atoms with van der Waals surface area (Å²) in [6.07, 6.45) is 0. The molecule has 0 unspecified atom stereocenters. The van der Waals surface area contributed by atoms with Crippen LogP contribution in [0.2, 0.25) is 0 Å². The van der Waals surface area contributed by atoms with Crippen LogP contribution in [0.25, 0.3) is 0 Å². The van der Waals surface area contributed by atoms with Gasteiger partial charge in [-0.25, -0.2) is 4.79 Å². The highest BCUT2D eigenvalue weighted by Crippen LogP contribution is 2.18. The van der Waals surface area contributed by atoms with E-state index in [1.165, 1.54) is 11.9 Å². The van der Waals surface area contributed by atoms with E-state index < -0.39 is 11.9 Å². The fourth-order valence-electron chi connectivity index (χ4n) is 2.38. The molecule has 0 radical (unpaired) electrons. The van der Waals surface area contributed by atoms with Crippen molar-refractivity contribution >= 4 is 29.2 Å². The number of likely N-dealkylation sites (N-methyl/N-ethyl adjacent to an activating group) is 1. The molecule has 1 aromatic carbocycles. The normalized spacial score (nSPS) is 13.9. The Labute approximate surface area is 146 Å². The molecule has 25 heavy (non-hydrogen) atoms. The summed E-state index contributed by atoms with van der Waals surface area (Å²) in [7, 11) is 1.48. The number of hydrogen-bond donors (Lipinski definition) is 3. The Balaban J connectivity index is 1.81. The molecule has 1 fully saturated rings. The van der Waals surface area contributed by atoms with Crippen LogP contribution in [0, 0.1) is 0 Å². The molecule has 136 valence electrons. The number of carbonyl (C=O) groups is 3. The fraction of sp³-hybridized carbons (Fsp3) is 0.438. The van der Waals surface area contributed by atoms with Gasteiger partial charge >= 0.3 is 6.03 Å². The van der Waals surface area contributed by atoms with Gasteiger partial charge in [-0.3, -0.25) is 9.59 Å². The van der Waals surface area contributed by atoms with Gasteiger partial charge in [0.05, 0.1) is 26.3 Å². The maximum Gasteiger partial charge on any atom is 0.312 e. The lowest BCUT2D eigenvalue weighted by atomic mass is 10.2. The van der Waals surface area contributed by atoms with Crippen molar-refractivity contribution in [1.29, 1.82) is 0 Å². The Kier molecular flexibility index (Phi) is 6.58. The Bertz CT molecular complexity index is 613. The number of anilines is 2. The van der Waals surface area contributed by atoms with Gasteiger partial charge in [0, 0.05) is 31.5 Å². The number of rotatable bonds is 6. The highest BCUT2D eigenvalue weighted by molar-refractivity contribution is 5.95. The topological polar surface area (TPSA) is 117 Å². The first-order valence-corrected chi connectivity index (χ1v) is 7.95. The van der Waals surface area contributed by atoms with E-state index in [9.17, 15) is 14.4 Å². The van der Waals surface area contributed by atoms with Crippen LogP contribution < -0.4 is 21.3 Å². The van der Waals surface area contributed by atoms with Crippen LogP contribution in [-0.2, 0) is 14.3 Å². The van der Waals surface area contributed by atoms with Crippen molar-refractivity contribution in [2.45, 2.75) is 0 Å². The van der Waals surface area contributed by atoms with Crippen LogP contribution in [0.4, 0.5) is 16.2 Å². The summed E-state index contributed by atoms with van der Waals surface area (Å²) < 4.78 is 5.32. The molecule has 1 heterocycles. The molecule has 0 aromatic heterocycles. The smallest absolute Gasteiger partial charge is 0.312 e. The second-order valence-corrected chi connectivity index (χ2v) is 5.66. The van der Waals surface area contributed by atoms with E-state index in [0.29, 0.717) is 18.9 Å². The van der Waals surface area contributed by atoms with Crippen LogP contribution >= 0.6 is 0 Å². The van der Waals surface area contributed by atoms with Crippen molar-refractivity contribution in [2.24, 2.45) is 5.73 Å². The van der Waals surface area contributed by atoms with Gasteiger partial charge in [0.15, 0.2) is 0 Å². The minimum absolute atomic E-state index is 0.121. The van der Waals surface area contributed by atoms with Crippen LogP contribution in [0.5, 0.6) is 0 Å². The molecule has 0 aliphatic carbocycles. The lowest BCUT2D eigenvalue weighted by Crippen LogP contribution is -2.42. The molecule has 9 heteroatoms. The van der Waals surface area contributed by atoms with E-state index >= 15 is 0 Å². The summed E-state index contributed by atoms with van der Waals surface area (Å²) in [4.78, 5) is 37.7. The van der Waals surface area contributed by atoms with Crippen LogP contribution in [0.3, 0.4) is 0 Å². The number of hydrogen-bond acceptors (Lipinski definition) is 5. The molecule has 0 saturated carbocycles. The highest BCUT2D eigenvalue weighted by Gasteiger charge is 2.14. The van der Waals surface area contributed by atoms with E-state index in [0.717, 1.165) is 18.8 Å². The molecule has 9 nitrogen and oxygen atoms in total. The van der Waals surface area contributed by atoms with E-state index in [2.05, 4.69) is 15.5 Å². The predicted molar refractivity (Wildman–Crippen MR) is 93.3 cm³/mol. The van der Waals surface area contributed by atoms with E-state index in [1.807, 2.05) is 24.3 Å². The molecule has 2 rings (SSSR count). The zero-order valence-electron chi connectivity index (χ0n) is 14.2. The molecule has 1 aliphatic rings. The van der Waals surface area contributed by atoms with E-state index in [4.69, 9.17) is 10.5 Å². The van der Waals surface area contributed by atoms with Gasteiger partial charge < -0.3 is 30.9 Å². The van der Waals surface area contributed by atoms with Gasteiger partial charge in [-0.1, -0.05) is 0 Å². The van der Waals surface area contributed by atoms with Crippen molar-refractivity contribution < 1.29 is 19.1 Å². The third-order valence-corrected chi connectivity index (χ3v) is 3.75. The molecule has 4 amide bonds. The number of benzene rings is 1. The van der Waals surface area contributed by atoms with Crippen molar-refractivity contribution in [1.82, 2.24) is 10.2 Å². The number of nitrogens with zero attached hydrogens (tertiary/aromatic N) is 2. The number of nitrogens with one attached hydrogen (secondary N) is 2. The first-order valence-electron chi connectivity index (χ1n) is 7.95. The molecule has 1 aromatic rings. The number of morpholine rings is 1. The number of primary amides is 1.